The van der Waals surface area contributed by atoms with Gasteiger partial charge in [0.2, 0.25) is 0 Å². The van der Waals surface area contributed by atoms with E-state index in [0.717, 1.165) is 25.4 Å². The van der Waals surface area contributed by atoms with Crippen LogP contribution in [0.25, 0.3) is 0 Å². The first-order valence-electron chi connectivity index (χ1n) is 6.35. The summed E-state index contributed by atoms with van der Waals surface area (Å²) in [4.78, 5) is 22.2. The smallest absolute Gasteiger partial charge is 0.120 e. The van der Waals surface area contributed by atoms with E-state index in [1.54, 1.807) is 0 Å². The molecule has 0 saturated carbocycles. The lowest BCUT2D eigenvalue weighted by Crippen LogP contribution is -2.41. The predicted molar refractivity (Wildman–Crippen MR) is 79.3 cm³/mol. The molecule has 0 aromatic rings. The van der Waals surface area contributed by atoms with E-state index in [4.69, 9.17) is 0 Å². The molecule has 0 amide bonds. The van der Waals surface area contributed by atoms with Crippen molar-refractivity contribution in [3.8, 4) is 0 Å². The number of halogens is 1. The second-order valence-corrected chi connectivity index (χ2v) is 5.04. The molecule has 0 aromatic heterocycles. The van der Waals surface area contributed by atoms with Gasteiger partial charge in [0.15, 0.2) is 0 Å². The Labute approximate surface area is 120 Å². The second-order valence-electron chi connectivity index (χ2n) is 5.04. The molecule has 0 spiro atoms. The minimum absolute atomic E-state index is 0. The van der Waals surface area contributed by atoms with Gasteiger partial charge in [0.05, 0.1) is 0 Å². The molecule has 0 N–H and O–H groups in total. The monoisotopic (exact) mass is 278 g/mol. The number of hydrogen-bond acceptors (Lipinski definition) is 2. The van der Waals surface area contributed by atoms with E-state index < -0.39 is 0 Å². The van der Waals surface area contributed by atoms with Crippen LogP contribution in [0.5, 0.6) is 0 Å². The third-order valence-corrected chi connectivity index (χ3v) is 4.18. The molecule has 102 valence electrons. The summed E-state index contributed by atoms with van der Waals surface area (Å²) in [5.74, 6) is 0. The highest BCUT2D eigenvalue weighted by atomic mass is 35.5. The SMILES string of the molecule is Cl.O=CCC1(C2(CC=O)C=CC=CC2)C=CC=CC1. The Balaban J connectivity index is 0.00000180. The van der Waals surface area contributed by atoms with Crippen molar-refractivity contribution >= 4 is 25.0 Å². The van der Waals surface area contributed by atoms with Gasteiger partial charge in [-0.3, -0.25) is 0 Å². The highest BCUT2D eigenvalue weighted by molar-refractivity contribution is 5.85. The molecule has 3 heteroatoms. The van der Waals surface area contributed by atoms with Gasteiger partial charge in [0.1, 0.15) is 12.6 Å². The molecule has 0 saturated heterocycles. The first kappa shape index (κ1) is 15.6. The van der Waals surface area contributed by atoms with Crippen molar-refractivity contribution in [3.05, 3.63) is 48.6 Å². The predicted octanol–water partition coefficient (Wildman–Crippen LogP) is 3.59. The normalized spacial score (nSPS) is 31.8. The number of carbonyl (C=O) groups excluding carboxylic acids is 2. The van der Waals surface area contributed by atoms with Gasteiger partial charge in [0, 0.05) is 23.7 Å². The highest BCUT2D eigenvalue weighted by Gasteiger charge is 2.46. The van der Waals surface area contributed by atoms with E-state index in [-0.39, 0.29) is 23.2 Å². The Kier molecular flexibility index (Phi) is 5.49. The summed E-state index contributed by atoms with van der Waals surface area (Å²) >= 11 is 0. The van der Waals surface area contributed by atoms with Gasteiger partial charge in [-0.25, -0.2) is 0 Å². The molecule has 2 unspecified atom stereocenters. The van der Waals surface area contributed by atoms with Crippen LogP contribution in [0, 0.1) is 10.8 Å². The van der Waals surface area contributed by atoms with Gasteiger partial charge < -0.3 is 9.59 Å². The molecule has 2 nitrogen and oxygen atoms in total. The van der Waals surface area contributed by atoms with E-state index >= 15 is 0 Å². The van der Waals surface area contributed by atoms with E-state index in [2.05, 4.69) is 24.3 Å². The molecule has 0 aromatic carbocycles. The van der Waals surface area contributed by atoms with Crippen LogP contribution < -0.4 is 0 Å². The molecule has 0 bridgehead atoms. The van der Waals surface area contributed by atoms with Gasteiger partial charge >= 0.3 is 0 Å². The van der Waals surface area contributed by atoms with Gasteiger partial charge in [0.25, 0.3) is 0 Å². The van der Waals surface area contributed by atoms with E-state index in [0.29, 0.717) is 12.8 Å². The maximum Gasteiger partial charge on any atom is 0.120 e. The Hall–Kier alpha value is -1.41. The lowest BCUT2D eigenvalue weighted by molar-refractivity contribution is -0.114. The lowest BCUT2D eigenvalue weighted by Gasteiger charge is -2.47. The summed E-state index contributed by atoms with van der Waals surface area (Å²) in [5, 5.41) is 0. The summed E-state index contributed by atoms with van der Waals surface area (Å²) in [6, 6.07) is 0. The second kappa shape index (κ2) is 6.67. The zero-order chi connectivity index (χ0) is 12.9. The van der Waals surface area contributed by atoms with Gasteiger partial charge in [-0.15, -0.1) is 12.4 Å². The number of hydrogen-bond donors (Lipinski definition) is 0. The average Bonchev–Trinajstić information content (AvgIpc) is 2.41. The number of allylic oxidation sites excluding steroid dienone is 8. The average molecular weight is 279 g/mol. The van der Waals surface area contributed by atoms with Crippen LogP contribution >= 0.6 is 12.4 Å². The van der Waals surface area contributed by atoms with Crippen molar-refractivity contribution in [2.45, 2.75) is 25.7 Å². The Morgan fingerprint density at radius 1 is 0.789 bits per heavy atom. The Morgan fingerprint density at radius 2 is 1.21 bits per heavy atom. The number of aldehydes is 2. The maximum absolute atomic E-state index is 11.1. The van der Waals surface area contributed by atoms with Crippen molar-refractivity contribution in [1.82, 2.24) is 0 Å². The van der Waals surface area contributed by atoms with Gasteiger partial charge in [-0.2, -0.15) is 0 Å². The summed E-state index contributed by atoms with van der Waals surface area (Å²) in [6.07, 6.45) is 20.9. The van der Waals surface area contributed by atoms with Crippen molar-refractivity contribution in [2.24, 2.45) is 10.8 Å². The molecular formula is C16H19ClO2. The topological polar surface area (TPSA) is 34.1 Å². The van der Waals surface area contributed by atoms with Crippen molar-refractivity contribution < 1.29 is 9.59 Å². The van der Waals surface area contributed by atoms with Gasteiger partial charge in [-0.05, 0) is 12.8 Å². The molecule has 19 heavy (non-hydrogen) atoms. The summed E-state index contributed by atoms with van der Waals surface area (Å²) in [6.45, 7) is 0. The van der Waals surface area contributed by atoms with Gasteiger partial charge in [-0.1, -0.05) is 48.6 Å². The minimum atomic E-state index is -0.258. The molecule has 2 aliphatic rings. The van der Waals surface area contributed by atoms with Crippen molar-refractivity contribution in [1.29, 1.82) is 0 Å². The minimum Gasteiger partial charge on any atom is -0.303 e. The van der Waals surface area contributed by atoms with E-state index in [9.17, 15) is 9.59 Å². The van der Waals surface area contributed by atoms with Crippen LogP contribution in [0.2, 0.25) is 0 Å². The number of carbonyl (C=O) groups is 2. The van der Waals surface area contributed by atoms with Crippen LogP contribution in [0.4, 0.5) is 0 Å². The number of rotatable bonds is 5. The standard InChI is InChI=1S/C16H18O2.ClH/c17-13-11-15(7-3-1-4-8-15)16(12-14-18)9-5-2-6-10-16;/h1-7,9,13-14H,8,10-12H2;1H. The van der Waals surface area contributed by atoms with Crippen LogP contribution in [-0.4, -0.2) is 12.6 Å². The summed E-state index contributed by atoms with van der Waals surface area (Å²) in [5.41, 5.74) is -0.517. The highest BCUT2D eigenvalue weighted by Crippen LogP contribution is 2.53. The van der Waals surface area contributed by atoms with Crippen LogP contribution in [0.1, 0.15) is 25.7 Å². The third-order valence-electron chi connectivity index (χ3n) is 4.18. The zero-order valence-corrected chi connectivity index (χ0v) is 11.6. The Bertz CT molecular complexity index is 398. The fourth-order valence-electron chi connectivity index (χ4n) is 3.07. The lowest BCUT2D eigenvalue weighted by atomic mass is 9.55. The molecule has 2 aliphatic carbocycles. The molecule has 2 atom stereocenters. The van der Waals surface area contributed by atoms with E-state index in [1.807, 2.05) is 24.3 Å². The third kappa shape index (κ3) is 2.79. The fraction of sp³-hybridized carbons (Fsp3) is 0.375. The molecule has 2 rings (SSSR count). The first-order valence-corrected chi connectivity index (χ1v) is 6.35. The molecular weight excluding hydrogens is 260 g/mol. The van der Waals surface area contributed by atoms with Crippen molar-refractivity contribution in [2.75, 3.05) is 0 Å². The first-order chi connectivity index (χ1) is 8.79. The summed E-state index contributed by atoms with van der Waals surface area (Å²) in [7, 11) is 0. The molecule has 0 fully saturated rings. The maximum atomic E-state index is 11.1. The largest absolute Gasteiger partial charge is 0.303 e. The molecule has 0 heterocycles. The van der Waals surface area contributed by atoms with Crippen LogP contribution in [-0.2, 0) is 9.59 Å². The van der Waals surface area contributed by atoms with E-state index in [1.165, 1.54) is 0 Å². The Morgan fingerprint density at radius 3 is 1.47 bits per heavy atom. The molecule has 0 aliphatic heterocycles. The summed E-state index contributed by atoms with van der Waals surface area (Å²) < 4.78 is 0. The van der Waals surface area contributed by atoms with Crippen LogP contribution in [0.15, 0.2) is 48.6 Å². The fourth-order valence-corrected chi connectivity index (χ4v) is 3.07. The quantitative estimate of drug-likeness (QED) is 0.720. The zero-order valence-electron chi connectivity index (χ0n) is 10.8. The van der Waals surface area contributed by atoms with Crippen LogP contribution in [0.3, 0.4) is 0 Å². The van der Waals surface area contributed by atoms with Crippen molar-refractivity contribution in [3.63, 3.8) is 0 Å². The molecule has 0 radical (unpaired) electrons.